The number of aryl methyl sites for hydroxylation is 1. The summed E-state index contributed by atoms with van der Waals surface area (Å²) in [5.41, 5.74) is 1.52. The van der Waals surface area contributed by atoms with Crippen LogP contribution in [0, 0.1) is 0 Å². The minimum Gasteiger partial charge on any atom is -0.494 e. The highest BCUT2D eigenvalue weighted by Gasteiger charge is 2.20. The van der Waals surface area contributed by atoms with Crippen molar-refractivity contribution >= 4 is 61.6 Å². The Morgan fingerprint density at radius 2 is 1.86 bits per heavy atom. The molecule has 0 aliphatic carbocycles. The number of amides is 1. The third-order valence-electron chi connectivity index (χ3n) is 4.10. The summed E-state index contributed by atoms with van der Waals surface area (Å²) in [4.78, 5) is 15.4. The van der Waals surface area contributed by atoms with E-state index in [4.69, 9.17) is 39.5 Å². The molecular weight excluding hydrogens is 459 g/mol. The van der Waals surface area contributed by atoms with E-state index in [0.29, 0.717) is 51.3 Å². The molecule has 0 atom stereocenters. The number of aromatic nitrogens is 1. The van der Waals surface area contributed by atoms with Crippen LogP contribution in [-0.4, -0.2) is 32.2 Å². The van der Waals surface area contributed by atoms with Gasteiger partial charge in [0.25, 0.3) is 5.91 Å². The monoisotopic (exact) mass is 474 g/mol. The molecule has 0 fully saturated rings. The number of hydrogen-bond donors (Lipinski definition) is 2. The van der Waals surface area contributed by atoms with Crippen LogP contribution in [0.15, 0.2) is 36.4 Å². The van der Waals surface area contributed by atoms with Crippen LogP contribution in [0.1, 0.15) is 22.5 Å². The zero-order chi connectivity index (χ0) is 21.2. The lowest BCUT2D eigenvalue weighted by atomic mass is 10.1. The first-order chi connectivity index (χ1) is 13.6. The smallest absolute Gasteiger partial charge is 0.281 e. The molecule has 0 spiro atoms. The highest BCUT2D eigenvalue weighted by molar-refractivity contribution is 7.89. The van der Waals surface area contributed by atoms with Gasteiger partial charge in [-0.2, -0.15) is 0 Å². The van der Waals surface area contributed by atoms with Crippen LogP contribution in [0.5, 0.6) is 5.75 Å². The number of halogens is 3. The van der Waals surface area contributed by atoms with E-state index in [9.17, 15) is 13.2 Å². The number of aromatic amines is 1. The molecule has 10 heteroatoms. The molecule has 6 nitrogen and oxygen atoms in total. The van der Waals surface area contributed by atoms with E-state index in [1.807, 2.05) is 4.72 Å². The number of nitrogens with one attached hydrogen (secondary N) is 2. The Morgan fingerprint density at radius 1 is 1.10 bits per heavy atom. The van der Waals surface area contributed by atoms with Crippen molar-refractivity contribution in [3.63, 3.8) is 0 Å². The summed E-state index contributed by atoms with van der Waals surface area (Å²) in [7, 11) is -3.70. The van der Waals surface area contributed by atoms with Crippen molar-refractivity contribution in [2.24, 2.45) is 0 Å². The molecule has 3 aromatic rings. The first-order valence-corrected chi connectivity index (χ1v) is 11.6. The maximum absolute atomic E-state index is 12.4. The largest absolute Gasteiger partial charge is 0.494 e. The van der Waals surface area contributed by atoms with E-state index < -0.39 is 15.9 Å². The topological polar surface area (TPSA) is 88.3 Å². The van der Waals surface area contributed by atoms with E-state index in [-0.39, 0.29) is 5.69 Å². The Labute approximate surface area is 183 Å². The summed E-state index contributed by atoms with van der Waals surface area (Å²) >= 11 is 17.9. The summed E-state index contributed by atoms with van der Waals surface area (Å²) in [6, 6.07) is 10.2. The fraction of sp³-hybridized carbons (Fsp3) is 0.211. The number of sulfonamides is 1. The second-order valence-electron chi connectivity index (χ2n) is 6.40. The van der Waals surface area contributed by atoms with E-state index in [1.165, 1.54) is 0 Å². The molecule has 0 bridgehead atoms. The van der Waals surface area contributed by atoms with Crippen molar-refractivity contribution in [2.75, 3.05) is 12.9 Å². The normalized spacial score (nSPS) is 11.6. The zero-order valence-electron chi connectivity index (χ0n) is 15.3. The Bertz CT molecular complexity index is 1180. The van der Waals surface area contributed by atoms with Crippen LogP contribution < -0.4 is 9.46 Å². The average molecular weight is 476 g/mol. The molecule has 3 rings (SSSR count). The first kappa shape index (κ1) is 21.8. The highest BCUT2D eigenvalue weighted by Crippen LogP contribution is 2.28. The molecule has 1 heterocycles. The van der Waals surface area contributed by atoms with Crippen LogP contribution in [0.25, 0.3) is 10.9 Å². The van der Waals surface area contributed by atoms with E-state index in [1.54, 1.807) is 36.4 Å². The molecule has 0 saturated heterocycles. The molecule has 2 N–H and O–H groups in total. The van der Waals surface area contributed by atoms with Gasteiger partial charge in [0.1, 0.15) is 11.4 Å². The number of rotatable bonds is 7. The number of carbonyl (C=O) groups is 1. The maximum Gasteiger partial charge on any atom is 0.281 e. The van der Waals surface area contributed by atoms with Crippen LogP contribution in [0.4, 0.5) is 0 Å². The SMILES string of the molecule is CS(=O)(=O)NC(=O)c1[nH]c2cc(Cl)ccc2c1CCCOc1ccc(Cl)c(Cl)c1. The quantitative estimate of drug-likeness (QED) is 0.479. The number of H-pyrrole nitrogens is 1. The summed E-state index contributed by atoms with van der Waals surface area (Å²) < 4.78 is 30.6. The zero-order valence-corrected chi connectivity index (χ0v) is 18.3. The number of hydrogen-bond acceptors (Lipinski definition) is 4. The summed E-state index contributed by atoms with van der Waals surface area (Å²) in [5.74, 6) is -0.139. The van der Waals surface area contributed by atoms with Crippen LogP contribution >= 0.6 is 34.8 Å². The molecule has 2 aromatic carbocycles. The van der Waals surface area contributed by atoms with Crippen LogP contribution in [0.2, 0.25) is 15.1 Å². The second-order valence-corrected chi connectivity index (χ2v) is 9.40. The lowest BCUT2D eigenvalue weighted by molar-refractivity contribution is 0.0976. The maximum atomic E-state index is 12.4. The summed E-state index contributed by atoms with van der Waals surface area (Å²) in [6.45, 7) is 0.366. The second kappa shape index (κ2) is 8.83. The fourth-order valence-corrected chi connectivity index (χ4v) is 3.81. The van der Waals surface area contributed by atoms with Gasteiger partial charge in [-0.25, -0.2) is 13.1 Å². The Kier molecular flexibility index (Phi) is 6.63. The molecule has 154 valence electrons. The summed E-state index contributed by atoms with van der Waals surface area (Å²) in [6.07, 6.45) is 1.99. The molecule has 0 unspecified atom stereocenters. The molecule has 1 aromatic heterocycles. The van der Waals surface area contributed by atoms with E-state index in [0.717, 1.165) is 11.6 Å². The highest BCUT2D eigenvalue weighted by atomic mass is 35.5. The van der Waals surface area contributed by atoms with Gasteiger partial charge in [0.2, 0.25) is 10.0 Å². The van der Waals surface area contributed by atoms with Crippen molar-refractivity contribution in [1.29, 1.82) is 0 Å². The minimum absolute atomic E-state index is 0.183. The van der Waals surface area contributed by atoms with Crippen LogP contribution in [0.3, 0.4) is 0 Å². The average Bonchev–Trinajstić information content (AvgIpc) is 2.98. The lowest BCUT2D eigenvalue weighted by Gasteiger charge is -2.08. The standard InChI is InChI=1S/C19H17Cl3N2O4S/c1-29(26,27)24-19(25)18-14(13-6-4-11(20)9-17(13)23-18)3-2-8-28-12-5-7-15(21)16(22)10-12/h4-7,9-10,23H,2-3,8H2,1H3,(H,24,25). The fourth-order valence-electron chi connectivity index (χ4n) is 2.91. The molecule has 0 aliphatic rings. The number of ether oxygens (including phenoxy) is 1. The van der Waals surface area contributed by atoms with Crippen molar-refractivity contribution in [1.82, 2.24) is 9.71 Å². The van der Waals surface area contributed by atoms with Gasteiger partial charge in [0.05, 0.1) is 22.9 Å². The van der Waals surface area contributed by atoms with Crippen LogP contribution in [-0.2, 0) is 16.4 Å². The predicted octanol–water partition coefficient (Wildman–Crippen LogP) is 4.83. The van der Waals surface area contributed by atoms with Crippen molar-refractivity contribution in [2.45, 2.75) is 12.8 Å². The van der Waals surface area contributed by atoms with E-state index in [2.05, 4.69) is 4.98 Å². The van der Waals surface area contributed by atoms with Gasteiger partial charge in [-0.1, -0.05) is 40.9 Å². The van der Waals surface area contributed by atoms with Crippen molar-refractivity contribution < 1.29 is 17.9 Å². The molecule has 1 amide bonds. The Hall–Kier alpha value is -1.93. The Balaban J connectivity index is 1.78. The first-order valence-electron chi connectivity index (χ1n) is 8.54. The molecule has 0 saturated carbocycles. The van der Waals surface area contributed by atoms with Gasteiger partial charge < -0.3 is 9.72 Å². The molecular formula is C19H17Cl3N2O4S. The van der Waals surface area contributed by atoms with Gasteiger partial charge in [0.15, 0.2) is 0 Å². The van der Waals surface area contributed by atoms with Gasteiger partial charge in [-0.3, -0.25) is 4.79 Å². The van der Waals surface area contributed by atoms with Gasteiger partial charge in [-0.05, 0) is 42.7 Å². The number of benzene rings is 2. The molecule has 29 heavy (non-hydrogen) atoms. The van der Waals surface area contributed by atoms with Crippen molar-refractivity contribution in [3.05, 3.63) is 62.7 Å². The molecule has 0 aliphatic heterocycles. The predicted molar refractivity (Wildman–Crippen MR) is 116 cm³/mol. The lowest BCUT2D eigenvalue weighted by Crippen LogP contribution is -2.30. The minimum atomic E-state index is -3.70. The third kappa shape index (κ3) is 5.57. The third-order valence-corrected chi connectivity index (χ3v) is 5.63. The van der Waals surface area contributed by atoms with Gasteiger partial charge >= 0.3 is 0 Å². The Morgan fingerprint density at radius 3 is 2.55 bits per heavy atom. The van der Waals surface area contributed by atoms with Crippen molar-refractivity contribution in [3.8, 4) is 5.75 Å². The van der Waals surface area contributed by atoms with Gasteiger partial charge in [0, 0.05) is 22.0 Å². The molecule has 0 radical (unpaired) electrons. The summed E-state index contributed by atoms with van der Waals surface area (Å²) in [5, 5.41) is 2.14. The number of fused-ring (bicyclic) bond motifs is 1. The van der Waals surface area contributed by atoms with E-state index >= 15 is 0 Å². The number of carbonyl (C=O) groups excluding carboxylic acids is 1. The van der Waals surface area contributed by atoms with Gasteiger partial charge in [-0.15, -0.1) is 0 Å².